The van der Waals surface area contributed by atoms with E-state index in [-0.39, 0.29) is 5.56 Å². The van der Waals surface area contributed by atoms with Gasteiger partial charge >= 0.3 is 6.18 Å². The maximum atomic E-state index is 13.0. The molecule has 1 aromatic carbocycles. The molecular formula is C10H5F4NO. The molecule has 6 heteroatoms. The molecular weight excluding hydrogens is 226 g/mol. The summed E-state index contributed by atoms with van der Waals surface area (Å²) in [5, 5.41) is 8.21. The van der Waals surface area contributed by atoms with Gasteiger partial charge in [0.2, 0.25) is 0 Å². The lowest BCUT2D eigenvalue weighted by Gasteiger charge is -2.08. The number of Topliss-reactive ketones (excluding diaryl/α,β-unsaturated/α-hetero) is 1. The Balaban J connectivity index is 3.10. The summed E-state index contributed by atoms with van der Waals surface area (Å²) in [5.41, 5.74) is -1.67. The average molecular weight is 231 g/mol. The van der Waals surface area contributed by atoms with Gasteiger partial charge in [-0.2, -0.15) is 18.4 Å². The minimum atomic E-state index is -4.79. The third-order valence-electron chi connectivity index (χ3n) is 1.84. The Hall–Kier alpha value is -1.90. The molecule has 0 fully saturated rings. The fourth-order valence-electron chi connectivity index (χ4n) is 1.09. The number of carbonyl (C=O) groups is 1. The number of hydrogen-bond acceptors (Lipinski definition) is 2. The number of ketones is 1. The van der Waals surface area contributed by atoms with E-state index >= 15 is 0 Å². The van der Waals surface area contributed by atoms with Gasteiger partial charge in [-0.05, 0) is 12.1 Å². The number of nitriles is 1. The van der Waals surface area contributed by atoms with Crippen molar-refractivity contribution in [1.29, 1.82) is 5.26 Å². The first-order chi connectivity index (χ1) is 7.36. The minimum absolute atomic E-state index is 0.243. The molecule has 84 valence electrons. The van der Waals surface area contributed by atoms with Crippen molar-refractivity contribution in [1.82, 2.24) is 0 Å². The highest BCUT2D eigenvalue weighted by molar-refractivity contribution is 5.97. The van der Waals surface area contributed by atoms with Crippen molar-refractivity contribution in [3.05, 3.63) is 35.1 Å². The molecule has 0 unspecified atom stereocenters. The quantitative estimate of drug-likeness (QED) is 0.580. The fraction of sp³-hybridized carbons (Fsp3) is 0.200. The van der Waals surface area contributed by atoms with Gasteiger partial charge in [0.25, 0.3) is 0 Å². The summed E-state index contributed by atoms with van der Waals surface area (Å²) in [6.07, 6.45) is -5.29. The van der Waals surface area contributed by atoms with Crippen LogP contribution in [0.2, 0.25) is 0 Å². The van der Waals surface area contributed by atoms with E-state index in [0.717, 1.165) is 6.07 Å². The zero-order chi connectivity index (χ0) is 12.3. The summed E-state index contributed by atoms with van der Waals surface area (Å²) in [6, 6.07) is 3.36. The van der Waals surface area contributed by atoms with Crippen molar-refractivity contribution in [3.63, 3.8) is 0 Å². The van der Waals surface area contributed by atoms with Crippen molar-refractivity contribution in [3.8, 4) is 6.07 Å². The lowest BCUT2D eigenvalue weighted by Crippen LogP contribution is -2.09. The molecule has 0 aliphatic rings. The number of benzene rings is 1. The van der Waals surface area contributed by atoms with Crippen molar-refractivity contribution in [2.45, 2.75) is 12.6 Å². The van der Waals surface area contributed by atoms with Crippen LogP contribution in [0.15, 0.2) is 18.2 Å². The minimum Gasteiger partial charge on any atom is -0.293 e. The van der Waals surface area contributed by atoms with E-state index in [0.29, 0.717) is 12.1 Å². The van der Waals surface area contributed by atoms with Gasteiger partial charge in [0, 0.05) is 5.56 Å². The van der Waals surface area contributed by atoms with E-state index in [9.17, 15) is 22.4 Å². The molecule has 0 atom stereocenters. The van der Waals surface area contributed by atoms with Gasteiger partial charge in [-0.25, -0.2) is 4.39 Å². The number of carbonyl (C=O) groups excluding carboxylic acids is 1. The molecule has 0 saturated carbocycles. The Morgan fingerprint density at radius 3 is 2.44 bits per heavy atom. The van der Waals surface area contributed by atoms with Crippen LogP contribution >= 0.6 is 0 Å². The predicted molar refractivity (Wildman–Crippen MR) is 46.0 cm³/mol. The Bertz CT molecular complexity index is 459. The molecule has 1 aromatic rings. The van der Waals surface area contributed by atoms with Gasteiger partial charge in [0.15, 0.2) is 5.78 Å². The lowest BCUT2D eigenvalue weighted by atomic mass is 10.1. The molecule has 0 radical (unpaired) electrons. The van der Waals surface area contributed by atoms with E-state index < -0.39 is 29.8 Å². The van der Waals surface area contributed by atoms with Crippen LogP contribution < -0.4 is 0 Å². The van der Waals surface area contributed by atoms with Crippen LogP contribution in [0, 0.1) is 17.1 Å². The van der Waals surface area contributed by atoms with Gasteiger partial charge < -0.3 is 0 Å². The molecule has 2 nitrogen and oxygen atoms in total. The maximum absolute atomic E-state index is 13.0. The number of nitrogens with zero attached hydrogens (tertiary/aromatic N) is 1. The zero-order valence-corrected chi connectivity index (χ0v) is 7.81. The van der Waals surface area contributed by atoms with E-state index in [4.69, 9.17) is 5.26 Å². The molecule has 0 heterocycles. The topological polar surface area (TPSA) is 40.9 Å². The Morgan fingerprint density at radius 1 is 1.38 bits per heavy atom. The molecule has 0 bridgehead atoms. The Kier molecular flexibility index (Phi) is 3.28. The molecule has 1 rings (SSSR count). The summed E-state index contributed by atoms with van der Waals surface area (Å²) in [5.74, 6) is -2.23. The first kappa shape index (κ1) is 12.2. The molecule has 0 aromatic heterocycles. The smallest absolute Gasteiger partial charge is 0.293 e. The molecule has 0 aliphatic heterocycles. The highest BCUT2D eigenvalue weighted by atomic mass is 19.4. The van der Waals surface area contributed by atoms with Gasteiger partial charge in [-0.3, -0.25) is 4.79 Å². The van der Waals surface area contributed by atoms with Crippen molar-refractivity contribution < 1.29 is 22.4 Å². The van der Waals surface area contributed by atoms with E-state index in [1.165, 1.54) is 6.07 Å². The molecule has 0 N–H and O–H groups in total. The Labute approximate surface area is 88.1 Å². The first-order valence-electron chi connectivity index (χ1n) is 4.13. The second-order valence-electron chi connectivity index (χ2n) is 2.95. The van der Waals surface area contributed by atoms with Gasteiger partial charge in [-0.1, -0.05) is 6.07 Å². The van der Waals surface area contributed by atoms with E-state index in [1.807, 2.05) is 0 Å². The standard InChI is InChI=1S/C10H5F4NO/c11-8-5-6(9(16)3-4-15)1-2-7(8)10(12,13)14/h1-2,5H,3H2. The maximum Gasteiger partial charge on any atom is 0.419 e. The molecule has 0 amide bonds. The Morgan fingerprint density at radius 2 is 2.00 bits per heavy atom. The third-order valence-corrected chi connectivity index (χ3v) is 1.84. The van der Waals surface area contributed by atoms with Crippen LogP contribution in [0.3, 0.4) is 0 Å². The fourth-order valence-corrected chi connectivity index (χ4v) is 1.09. The normalized spacial score (nSPS) is 10.9. The predicted octanol–water partition coefficient (Wildman–Crippen LogP) is 2.94. The van der Waals surface area contributed by atoms with Crippen LogP contribution in [-0.2, 0) is 6.18 Å². The summed E-state index contributed by atoms with van der Waals surface area (Å²) < 4.78 is 49.4. The monoisotopic (exact) mass is 231 g/mol. The second kappa shape index (κ2) is 4.31. The van der Waals surface area contributed by atoms with Crippen LogP contribution in [0.25, 0.3) is 0 Å². The number of halogens is 4. The summed E-state index contributed by atoms with van der Waals surface area (Å²) in [7, 11) is 0. The van der Waals surface area contributed by atoms with Gasteiger partial charge in [0.05, 0.1) is 18.1 Å². The lowest BCUT2D eigenvalue weighted by molar-refractivity contribution is -0.140. The van der Waals surface area contributed by atoms with Crippen LogP contribution in [0.5, 0.6) is 0 Å². The highest BCUT2D eigenvalue weighted by Gasteiger charge is 2.34. The molecule has 0 spiro atoms. The molecule has 16 heavy (non-hydrogen) atoms. The number of hydrogen-bond donors (Lipinski definition) is 0. The SMILES string of the molecule is N#CCC(=O)c1ccc(C(F)(F)F)c(F)c1. The van der Waals surface area contributed by atoms with E-state index in [1.54, 1.807) is 0 Å². The zero-order valence-electron chi connectivity index (χ0n) is 7.81. The molecule has 0 saturated heterocycles. The van der Waals surface area contributed by atoms with Gasteiger partial charge in [0.1, 0.15) is 5.82 Å². The average Bonchev–Trinajstić information content (AvgIpc) is 2.16. The molecule has 0 aliphatic carbocycles. The van der Waals surface area contributed by atoms with Crippen LogP contribution in [-0.4, -0.2) is 5.78 Å². The van der Waals surface area contributed by atoms with Crippen molar-refractivity contribution in [2.75, 3.05) is 0 Å². The summed E-state index contributed by atoms with van der Waals surface area (Å²) in [6.45, 7) is 0. The van der Waals surface area contributed by atoms with Crippen LogP contribution in [0.1, 0.15) is 22.3 Å². The van der Waals surface area contributed by atoms with Crippen molar-refractivity contribution >= 4 is 5.78 Å². The number of alkyl halides is 3. The summed E-state index contributed by atoms with van der Waals surface area (Å²) >= 11 is 0. The summed E-state index contributed by atoms with van der Waals surface area (Å²) in [4.78, 5) is 11.1. The number of rotatable bonds is 2. The van der Waals surface area contributed by atoms with Gasteiger partial charge in [-0.15, -0.1) is 0 Å². The third kappa shape index (κ3) is 2.57. The van der Waals surface area contributed by atoms with Crippen molar-refractivity contribution in [2.24, 2.45) is 0 Å². The first-order valence-corrected chi connectivity index (χ1v) is 4.13. The largest absolute Gasteiger partial charge is 0.419 e. The van der Waals surface area contributed by atoms with Crippen LogP contribution in [0.4, 0.5) is 17.6 Å². The van der Waals surface area contributed by atoms with E-state index in [2.05, 4.69) is 0 Å². The highest BCUT2D eigenvalue weighted by Crippen LogP contribution is 2.31. The second-order valence-corrected chi connectivity index (χ2v) is 2.95.